The molecule has 0 saturated carbocycles. The lowest BCUT2D eigenvalue weighted by Gasteiger charge is -2.32. The Hall–Kier alpha value is -4.81. The van der Waals surface area contributed by atoms with Crippen molar-refractivity contribution in [2.24, 2.45) is 0 Å². The smallest absolute Gasteiger partial charge is 0.320 e. The van der Waals surface area contributed by atoms with Crippen LogP contribution in [0, 0.1) is 0 Å². The van der Waals surface area contributed by atoms with Crippen LogP contribution in [0.4, 0.5) is 0 Å². The van der Waals surface area contributed by atoms with Gasteiger partial charge >= 0.3 is 5.97 Å². The van der Waals surface area contributed by atoms with E-state index < -0.39 is 12.0 Å². The summed E-state index contributed by atoms with van der Waals surface area (Å²) in [5.41, 5.74) is 5.88. The highest BCUT2D eigenvalue weighted by Gasteiger charge is 2.29. The molecule has 0 bridgehead atoms. The molecule has 7 rings (SSSR count). The average molecular weight is 742 g/mol. The Bertz CT molecular complexity index is 2230. The monoisotopic (exact) mass is 740 g/mol. The summed E-state index contributed by atoms with van der Waals surface area (Å²) in [5, 5.41) is 17.0. The van der Waals surface area contributed by atoms with Gasteiger partial charge in [-0.2, -0.15) is 0 Å². The number of rotatable bonds is 11. The van der Waals surface area contributed by atoms with Gasteiger partial charge in [-0.15, -0.1) is 0 Å². The van der Waals surface area contributed by atoms with E-state index in [2.05, 4.69) is 15.6 Å². The zero-order valence-electron chi connectivity index (χ0n) is 28.6. The van der Waals surface area contributed by atoms with Crippen LogP contribution in [0.3, 0.4) is 0 Å². The van der Waals surface area contributed by atoms with Crippen LogP contribution in [-0.2, 0) is 22.7 Å². The summed E-state index contributed by atoms with van der Waals surface area (Å²) in [4.78, 5) is 48.0. The summed E-state index contributed by atoms with van der Waals surface area (Å²) in [5.74, 6) is -0.299. The molecule has 52 heavy (non-hydrogen) atoms. The molecule has 1 amide bonds. The number of benzene rings is 2. The van der Waals surface area contributed by atoms with Crippen molar-refractivity contribution in [3.63, 3.8) is 0 Å². The molecule has 0 radical (unpaired) electrons. The van der Waals surface area contributed by atoms with E-state index in [0.717, 1.165) is 52.6 Å². The fraction of sp³-hybridized carbons (Fsp3) is 0.308. The summed E-state index contributed by atoms with van der Waals surface area (Å²) in [6.45, 7) is 2.05. The number of hydrogen-bond donors (Lipinski definition) is 3. The third-order valence-electron chi connectivity index (χ3n) is 9.85. The number of methoxy groups -OCH3 is 1. The maximum absolute atomic E-state index is 13.5. The number of carboxylic acids is 1. The number of carbonyl (C=O) groups is 2. The van der Waals surface area contributed by atoms with Crippen LogP contribution in [0.15, 0.2) is 77.9 Å². The van der Waals surface area contributed by atoms with E-state index in [4.69, 9.17) is 32.9 Å². The predicted molar refractivity (Wildman–Crippen MR) is 201 cm³/mol. The highest BCUT2D eigenvalue weighted by Crippen LogP contribution is 2.42. The maximum Gasteiger partial charge on any atom is 0.320 e. The number of halogens is 2. The Morgan fingerprint density at radius 1 is 0.981 bits per heavy atom. The second-order valence-electron chi connectivity index (χ2n) is 13.2. The number of aromatic nitrogens is 3. The number of ether oxygens (including phenoxy) is 1. The van der Waals surface area contributed by atoms with Crippen molar-refractivity contribution in [1.29, 1.82) is 0 Å². The van der Waals surface area contributed by atoms with Crippen LogP contribution in [-0.4, -0.2) is 68.5 Å². The number of nitrogens with one attached hydrogen (secondary N) is 2. The normalized spacial score (nSPS) is 17.7. The third kappa shape index (κ3) is 7.27. The lowest BCUT2D eigenvalue weighted by Crippen LogP contribution is -2.45. The molecule has 3 N–H and O–H groups in total. The van der Waals surface area contributed by atoms with Gasteiger partial charge in [-0.25, -0.2) is 9.97 Å². The van der Waals surface area contributed by atoms with Crippen LogP contribution >= 0.6 is 23.2 Å². The quantitative estimate of drug-likeness (QED) is 0.144. The van der Waals surface area contributed by atoms with Crippen LogP contribution in [0.1, 0.15) is 43.2 Å². The van der Waals surface area contributed by atoms with Crippen molar-refractivity contribution in [2.45, 2.75) is 57.3 Å². The average Bonchev–Trinajstić information content (AvgIpc) is 3.57. The zero-order chi connectivity index (χ0) is 36.4. The Morgan fingerprint density at radius 3 is 2.46 bits per heavy atom. The molecule has 2 saturated heterocycles. The Morgan fingerprint density at radius 2 is 1.73 bits per heavy atom. The number of fused-ring (bicyclic) bond motifs is 1. The number of nitrogens with zero attached hydrogens (tertiary/aromatic N) is 4. The van der Waals surface area contributed by atoms with Crippen molar-refractivity contribution in [2.75, 3.05) is 20.2 Å². The molecule has 0 unspecified atom stereocenters. The lowest BCUT2D eigenvalue weighted by atomic mass is 9.97. The number of amides is 1. The molecule has 3 aromatic heterocycles. The second kappa shape index (κ2) is 15.4. The molecule has 13 heteroatoms. The van der Waals surface area contributed by atoms with E-state index in [9.17, 15) is 19.5 Å². The van der Waals surface area contributed by atoms with Crippen molar-refractivity contribution in [3.05, 3.63) is 105 Å². The van der Waals surface area contributed by atoms with Gasteiger partial charge in [0.05, 0.1) is 28.4 Å². The number of hydrogen-bond acceptors (Lipinski definition) is 8. The number of pyridine rings is 2. The lowest BCUT2D eigenvalue weighted by molar-refractivity contribution is -0.144. The first-order chi connectivity index (χ1) is 25.2. The van der Waals surface area contributed by atoms with Crippen LogP contribution in [0.25, 0.3) is 39.2 Å². The van der Waals surface area contributed by atoms with Gasteiger partial charge in [-0.1, -0.05) is 72.1 Å². The summed E-state index contributed by atoms with van der Waals surface area (Å²) >= 11 is 14.2. The van der Waals surface area contributed by atoms with Crippen molar-refractivity contribution >= 4 is 40.7 Å². The standard InChI is InChI=1S/C39H38Cl2N6O5/c1-52-37-24(19-42-21-26-12-14-34(48)44-26)11-13-31(45-37)30-9-5-8-29(36(30)41)28-7-4-6-27(35(28)40)23-15-17-47-33(18-23)43-20-25(38(47)49)22-46-16-3-2-10-32(46)39(50)51/h4-9,11,13,15,17-18,20,26,32,42H,2-3,10,12,14,16,19,21-22H2,1H3,(H,44,48)(H,50,51)/t26-,32+/m1/s1. The topological polar surface area (TPSA) is 138 Å². The maximum atomic E-state index is 13.5. The van der Waals surface area contributed by atoms with Gasteiger partial charge in [0, 0.05) is 72.3 Å². The van der Waals surface area contributed by atoms with E-state index in [0.29, 0.717) is 65.3 Å². The summed E-state index contributed by atoms with van der Waals surface area (Å²) in [6.07, 6.45) is 6.92. The second-order valence-corrected chi connectivity index (χ2v) is 13.9. The molecule has 2 aliphatic rings. The number of likely N-dealkylation sites (tertiary alicyclic amines) is 1. The molecule has 268 valence electrons. The number of aliphatic carboxylic acids is 1. The van der Waals surface area contributed by atoms with Crippen LogP contribution in [0.2, 0.25) is 10.0 Å². The first-order valence-electron chi connectivity index (χ1n) is 17.3. The third-order valence-corrected chi connectivity index (χ3v) is 10.7. The number of carboxylic acid groups (broad SMARTS) is 1. The Kier molecular flexibility index (Phi) is 10.6. The minimum atomic E-state index is -0.867. The predicted octanol–water partition coefficient (Wildman–Crippen LogP) is 6.21. The largest absolute Gasteiger partial charge is 0.481 e. The van der Waals surface area contributed by atoms with Gasteiger partial charge in [0.25, 0.3) is 5.56 Å². The first kappa shape index (κ1) is 35.6. The molecule has 0 spiro atoms. The molecule has 2 atom stereocenters. The van der Waals surface area contributed by atoms with Crippen LogP contribution < -0.4 is 20.9 Å². The van der Waals surface area contributed by atoms with E-state index in [1.54, 1.807) is 19.5 Å². The first-order valence-corrected chi connectivity index (χ1v) is 18.1. The summed E-state index contributed by atoms with van der Waals surface area (Å²) in [7, 11) is 1.58. The van der Waals surface area contributed by atoms with Gasteiger partial charge in [0.2, 0.25) is 11.8 Å². The van der Waals surface area contributed by atoms with Gasteiger partial charge in [0.15, 0.2) is 0 Å². The molecule has 2 aromatic carbocycles. The van der Waals surface area contributed by atoms with Gasteiger partial charge in [-0.05, 0) is 49.6 Å². The van der Waals surface area contributed by atoms with Crippen LogP contribution in [0.5, 0.6) is 5.88 Å². The van der Waals surface area contributed by atoms with Crippen molar-refractivity contribution in [3.8, 4) is 39.4 Å². The number of piperidine rings is 1. The minimum Gasteiger partial charge on any atom is -0.481 e. The SMILES string of the molecule is COc1nc(-c2cccc(-c3cccc(-c4ccn5c(=O)c(CN6CCCC[C@H]6C(=O)O)cnc5c4)c3Cl)c2Cl)ccc1CNC[C@H]1CCC(=O)N1. The molecule has 5 aromatic rings. The van der Waals surface area contributed by atoms with Gasteiger partial charge in [0.1, 0.15) is 11.7 Å². The molecule has 5 heterocycles. The van der Waals surface area contributed by atoms with Crippen molar-refractivity contribution in [1.82, 2.24) is 29.9 Å². The number of carbonyl (C=O) groups excluding carboxylic acids is 1. The molecular formula is C39H38Cl2N6O5. The highest BCUT2D eigenvalue weighted by molar-refractivity contribution is 6.39. The molecule has 11 nitrogen and oxygen atoms in total. The highest BCUT2D eigenvalue weighted by atomic mass is 35.5. The summed E-state index contributed by atoms with van der Waals surface area (Å²) < 4.78 is 7.12. The Labute approximate surface area is 310 Å². The van der Waals surface area contributed by atoms with Gasteiger partial charge in [-0.3, -0.25) is 23.7 Å². The molecular weight excluding hydrogens is 703 g/mol. The fourth-order valence-electron chi connectivity index (χ4n) is 7.11. The molecule has 0 aliphatic carbocycles. The fourth-order valence-corrected chi connectivity index (χ4v) is 7.77. The van der Waals surface area contributed by atoms with E-state index in [1.807, 2.05) is 65.6 Å². The van der Waals surface area contributed by atoms with Gasteiger partial charge < -0.3 is 20.5 Å². The minimum absolute atomic E-state index is 0.0873. The van der Waals surface area contributed by atoms with E-state index >= 15 is 0 Å². The van der Waals surface area contributed by atoms with Crippen molar-refractivity contribution < 1.29 is 19.4 Å². The zero-order valence-corrected chi connectivity index (χ0v) is 30.1. The Balaban J connectivity index is 1.13. The van der Waals surface area contributed by atoms with E-state index in [-0.39, 0.29) is 24.1 Å². The molecule has 2 fully saturated rings. The summed E-state index contributed by atoms with van der Waals surface area (Å²) in [6, 6.07) is 18.5. The van der Waals surface area contributed by atoms with E-state index in [1.165, 1.54) is 4.40 Å². The molecule has 2 aliphatic heterocycles.